The maximum Gasteiger partial charge on any atom is 0.255 e. The Bertz CT molecular complexity index is 791. The van der Waals surface area contributed by atoms with Gasteiger partial charge in [0.05, 0.1) is 33.4 Å². The Kier molecular flexibility index (Phi) is 6.50. The van der Waals surface area contributed by atoms with Gasteiger partial charge in [0.15, 0.2) is 11.5 Å². The molecule has 140 valence electrons. The maximum atomic E-state index is 12.6. The normalized spacial score (nSPS) is 12.8. The average Bonchev–Trinajstić information content (AvgIpc) is 2.64. The van der Waals surface area contributed by atoms with E-state index in [9.17, 15) is 9.90 Å². The molecule has 0 aliphatic rings. The van der Waals surface area contributed by atoms with E-state index in [0.29, 0.717) is 17.1 Å². The van der Waals surface area contributed by atoms with Crippen molar-refractivity contribution in [1.82, 2.24) is 5.32 Å². The van der Waals surface area contributed by atoms with Gasteiger partial charge in [-0.15, -0.1) is 0 Å². The number of rotatable bonds is 7. The fraction of sp³-hybridized carbons (Fsp3) is 0.316. The second kappa shape index (κ2) is 8.42. The molecule has 0 bridgehead atoms. The smallest absolute Gasteiger partial charge is 0.255 e. The zero-order chi connectivity index (χ0) is 19.3. The Morgan fingerprint density at radius 3 is 2.31 bits per heavy atom. The molecule has 0 aliphatic heterocycles. The highest BCUT2D eigenvalue weighted by Gasteiger charge is 2.27. The minimum Gasteiger partial charge on any atom is -0.493 e. The molecule has 0 aliphatic carbocycles. The first kappa shape index (κ1) is 20.1. The summed E-state index contributed by atoms with van der Waals surface area (Å²) in [6, 6.07) is 10.5. The van der Waals surface area contributed by atoms with Crippen molar-refractivity contribution in [1.29, 1.82) is 0 Å². The quantitative estimate of drug-likeness (QED) is 0.715. The molecule has 0 aromatic heterocycles. The van der Waals surface area contributed by atoms with Crippen LogP contribution < -0.4 is 19.5 Å². The zero-order valence-electron chi connectivity index (χ0n) is 15.1. The molecule has 2 aromatic carbocycles. The van der Waals surface area contributed by atoms with E-state index in [4.69, 9.17) is 14.2 Å². The van der Waals surface area contributed by atoms with Crippen LogP contribution in [0.3, 0.4) is 0 Å². The lowest BCUT2D eigenvalue weighted by molar-refractivity contribution is 0.0519. The molecule has 2 rings (SSSR count). The van der Waals surface area contributed by atoms with Crippen LogP contribution in [-0.2, 0) is 5.60 Å². The van der Waals surface area contributed by atoms with Crippen LogP contribution in [0.1, 0.15) is 22.8 Å². The van der Waals surface area contributed by atoms with E-state index in [0.717, 1.165) is 4.47 Å². The summed E-state index contributed by atoms with van der Waals surface area (Å²) in [6.45, 7) is 1.66. The number of halogens is 1. The van der Waals surface area contributed by atoms with Crippen LogP contribution in [0.5, 0.6) is 17.2 Å². The van der Waals surface area contributed by atoms with E-state index in [-0.39, 0.29) is 17.9 Å². The number of benzene rings is 2. The van der Waals surface area contributed by atoms with Crippen molar-refractivity contribution in [3.8, 4) is 17.2 Å². The molecule has 7 heteroatoms. The summed E-state index contributed by atoms with van der Waals surface area (Å²) >= 11 is 3.42. The maximum absolute atomic E-state index is 12.6. The minimum absolute atomic E-state index is 0.0198. The fourth-order valence-corrected chi connectivity index (χ4v) is 3.33. The van der Waals surface area contributed by atoms with Gasteiger partial charge in [-0.3, -0.25) is 4.79 Å². The average molecular weight is 424 g/mol. The standard InChI is InChI=1S/C19H22BrNO5/c1-19(23,13-7-5-6-8-14(13)20)11-21-18(22)12-9-10-15(24-2)17(26-4)16(12)25-3/h5-10,23H,11H2,1-4H3,(H,21,22)/t19-/m1/s1. The second-order valence-corrected chi connectivity index (χ2v) is 6.67. The van der Waals surface area contributed by atoms with Crippen LogP contribution in [0.15, 0.2) is 40.9 Å². The van der Waals surface area contributed by atoms with Gasteiger partial charge in [0.25, 0.3) is 5.91 Å². The van der Waals surface area contributed by atoms with Crippen molar-refractivity contribution in [2.24, 2.45) is 0 Å². The molecule has 0 unspecified atom stereocenters. The molecule has 2 N–H and O–H groups in total. The highest BCUT2D eigenvalue weighted by atomic mass is 79.9. The van der Waals surface area contributed by atoms with E-state index >= 15 is 0 Å². The van der Waals surface area contributed by atoms with Gasteiger partial charge in [0, 0.05) is 4.47 Å². The number of aliphatic hydroxyl groups is 1. The van der Waals surface area contributed by atoms with E-state index in [1.165, 1.54) is 21.3 Å². The molecule has 0 fully saturated rings. The van der Waals surface area contributed by atoms with Gasteiger partial charge in [0.2, 0.25) is 5.75 Å². The van der Waals surface area contributed by atoms with Crippen LogP contribution in [0.25, 0.3) is 0 Å². The number of ether oxygens (including phenoxy) is 3. The monoisotopic (exact) mass is 423 g/mol. The largest absolute Gasteiger partial charge is 0.493 e. The van der Waals surface area contributed by atoms with Crippen molar-refractivity contribution in [2.45, 2.75) is 12.5 Å². The highest BCUT2D eigenvalue weighted by molar-refractivity contribution is 9.10. The highest BCUT2D eigenvalue weighted by Crippen LogP contribution is 2.39. The van der Waals surface area contributed by atoms with Crippen LogP contribution in [0.4, 0.5) is 0 Å². The van der Waals surface area contributed by atoms with Crippen LogP contribution >= 0.6 is 15.9 Å². The topological polar surface area (TPSA) is 77.0 Å². The Labute approximate surface area is 161 Å². The van der Waals surface area contributed by atoms with E-state index in [2.05, 4.69) is 21.2 Å². The molecule has 0 heterocycles. The Hall–Kier alpha value is -2.25. The molecule has 1 amide bonds. The van der Waals surface area contributed by atoms with E-state index in [1.807, 2.05) is 18.2 Å². The molecule has 0 saturated heterocycles. The number of methoxy groups -OCH3 is 3. The van der Waals surface area contributed by atoms with E-state index in [1.54, 1.807) is 25.1 Å². The fourth-order valence-electron chi connectivity index (χ4n) is 2.62. The summed E-state index contributed by atoms with van der Waals surface area (Å²) in [5.74, 6) is 0.668. The van der Waals surface area contributed by atoms with Gasteiger partial charge in [-0.05, 0) is 30.7 Å². The molecule has 0 spiro atoms. The van der Waals surface area contributed by atoms with E-state index < -0.39 is 11.5 Å². The molecular weight excluding hydrogens is 402 g/mol. The first-order valence-corrected chi connectivity index (χ1v) is 8.69. The summed E-state index contributed by atoms with van der Waals surface area (Å²) in [5.41, 5.74) is -0.285. The lowest BCUT2D eigenvalue weighted by Gasteiger charge is -2.25. The Balaban J connectivity index is 2.24. The van der Waals surface area contributed by atoms with Crippen LogP contribution in [-0.4, -0.2) is 38.9 Å². The molecule has 0 saturated carbocycles. The third kappa shape index (κ3) is 4.11. The third-order valence-corrected chi connectivity index (χ3v) is 4.69. The van der Waals surface area contributed by atoms with Crippen molar-refractivity contribution in [2.75, 3.05) is 27.9 Å². The van der Waals surface area contributed by atoms with Crippen molar-refractivity contribution >= 4 is 21.8 Å². The SMILES string of the molecule is COc1ccc(C(=O)NC[C@@](C)(O)c2ccccc2Br)c(OC)c1OC. The lowest BCUT2D eigenvalue weighted by atomic mass is 9.96. The Morgan fingerprint density at radius 1 is 1.08 bits per heavy atom. The van der Waals surface area contributed by atoms with Gasteiger partial charge >= 0.3 is 0 Å². The number of hydrogen-bond donors (Lipinski definition) is 2. The number of nitrogens with one attached hydrogen (secondary N) is 1. The summed E-state index contributed by atoms with van der Waals surface area (Å²) < 4.78 is 16.6. The van der Waals surface area contributed by atoms with Crippen LogP contribution in [0, 0.1) is 0 Å². The van der Waals surface area contributed by atoms with Crippen molar-refractivity contribution in [3.63, 3.8) is 0 Å². The third-order valence-electron chi connectivity index (χ3n) is 4.00. The summed E-state index contributed by atoms with van der Waals surface area (Å²) in [6.07, 6.45) is 0. The minimum atomic E-state index is -1.25. The Morgan fingerprint density at radius 2 is 1.73 bits per heavy atom. The van der Waals surface area contributed by atoms with Gasteiger partial charge in [-0.25, -0.2) is 0 Å². The summed E-state index contributed by atoms with van der Waals surface area (Å²) in [7, 11) is 4.43. The van der Waals surface area contributed by atoms with Gasteiger partial charge in [0.1, 0.15) is 5.60 Å². The van der Waals surface area contributed by atoms with Gasteiger partial charge < -0.3 is 24.6 Å². The van der Waals surface area contributed by atoms with Gasteiger partial charge in [-0.1, -0.05) is 34.1 Å². The molecule has 1 atom stereocenters. The molecular formula is C19H22BrNO5. The second-order valence-electron chi connectivity index (χ2n) is 5.82. The molecule has 6 nitrogen and oxygen atoms in total. The molecule has 26 heavy (non-hydrogen) atoms. The first-order chi connectivity index (χ1) is 12.4. The van der Waals surface area contributed by atoms with Crippen molar-refractivity contribution < 1.29 is 24.1 Å². The van der Waals surface area contributed by atoms with Gasteiger partial charge in [-0.2, -0.15) is 0 Å². The first-order valence-electron chi connectivity index (χ1n) is 7.90. The van der Waals surface area contributed by atoms with Crippen molar-refractivity contribution in [3.05, 3.63) is 52.0 Å². The number of carbonyl (C=O) groups is 1. The molecule has 2 aromatic rings. The molecule has 0 radical (unpaired) electrons. The van der Waals surface area contributed by atoms with Crippen LogP contribution in [0.2, 0.25) is 0 Å². The predicted molar refractivity (Wildman–Crippen MR) is 102 cm³/mol. The predicted octanol–water partition coefficient (Wildman–Crippen LogP) is 3.11. The lowest BCUT2D eigenvalue weighted by Crippen LogP contribution is -2.39. The summed E-state index contributed by atoms with van der Waals surface area (Å²) in [4.78, 5) is 12.6. The number of carbonyl (C=O) groups excluding carboxylic acids is 1. The summed E-state index contributed by atoms with van der Waals surface area (Å²) in [5, 5.41) is 13.5. The number of hydrogen-bond acceptors (Lipinski definition) is 5. The zero-order valence-corrected chi connectivity index (χ0v) is 16.7. The number of amides is 1.